The lowest BCUT2D eigenvalue weighted by Crippen LogP contribution is -2.27. The predicted octanol–water partition coefficient (Wildman–Crippen LogP) is 2.32. The lowest BCUT2D eigenvalue weighted by atomic mass is 9.82. The van der Waals surface area contributed by atoms with Crippen molar-refractivity contribution in [1.82, 2.24) is 5.32 Å². The van der Waals surface area contributed by atoms with Gasteiger partial charge < -0.3 is 5.32 Å². The molecule has 0 radical (unpaired) electrons. The zero-order valence-electron chi connectivity index (χ0n) is 8.55. The standard InChI is InChI=1S/C11H20N2/c1-10-4-2-5-11(8-10)9-13-7-3-6-12/h10-11,13H,2-5,7-9H2,1H3. The lowest BCUT2D eigenvalue weighted by molar-refractivity contribution is 0.275. The fourth-order valence-electron chi connectivity index (χ4n) is 2.20. The minimum absolute atomic E-state index is 0.641. The van der Waals surface area contributed by atoms with E-state index in [1.165, 1.54) is 25.7 Å². The SMILES string of the molecule is CC1CCCC(CNCCC#N)C1. The first-order chi connectivity index (χ1) is 6.33. The summed E-state index contributed by atoms with van der Waals surface area (Å²) in [5.74, 6) is 1.78. The molecule has 1 fully saturated rings. The van der Waals surface area contributed by atoms with Gasteiger partial charge in [-0.3, -0.25) is 0 Å². The second kappa shape index (κ2) is 5.99. The summed E-state index contributed by atoms with van der Waals surface area (Å²) < 4.78 is 0. The molecule has 2 atom stereocenters. The third kappa shape index (κ3) is 4.28. The zero-order chi connectivity index (χ0) is 9.52. The van der Waals surface area contributed by atoms with Crippen LogP contribution in [-0.4, -0.2) is 13.1 Å². The normalized spacial score (nSPS) is 28.3. The van der Waals surface area contributed by atoms with Crippen LogP contribution in [0.25, 0.3) is 0 Å². The minimum Gasteiger partial charge on any atom is -0.315 e. The Morgan fingerprint density at radius 3 is 3.00 bits per heavy atom. The molecule has 0 saturated heterocycles. The molecule has 74 valence electrons. The van der Waals surface area contributed by atoms with Crippen molar-refractivity contribution in [1.29, 1.82) is 5.26 Å². The molecule has 1 rings (SSSR count). The van der Waals surface area contributed by atoms with E-state index in [1.54, 1.807) is 0 Å². The average Bonchev–Trinajstić information content (AvgIpc) is 2.13. The molecule has 1 N–H and O–H groups in total. The molecule has 2 heteroatoms. The Bertz CT molecular complexity index is 171. The first-order valence-electron chi connectivity index (χ1n) is 5.40. The van der Waals surface area contributed by atoms with Crippen molar-refractivity contribution in [3.8, 4) is 6.07 Å². The van der Waals surface area contributed by atoms with Gasteiger partial charge in [0.2, 0.25) is 0 Å². The van der Waals surface area contributed by atoms with Crippen LogP contribution in [0, 0.1) is 23.2 Å². The minimum atomic E-state index is 0.641. The third-order valence-corrected chi connectivity index (χ3v) is 2.89. The van der Waals surface area contributed by atoms with Gasteiger partial charge in [-0.25, -0.2) is 0 Å². The van der Waals surface area contributed by atoms with Crippen LogP contribution in [0.4, 0.5) is 0 Å². The van der Waals surface area contributed by atoms with Crippen LogP contribution in [0.15, 0.2) is 0 Å². The first-order valence-corrected chi connectivity index (χ1v) is 5.40. The van der Waals surface area contributed by atoms with Crippen LogP contribution in [0.5, 0.6) is 0 Å². The van der Waals surface area contributed by atoms with Crippen molar-refractivity contribution in [3.05, 3.63) is 0 Å². The zero-order valence-corrected chi connectivity index (χ0v) is 8.55. The van der Waals surface area contributed by atoms with Crippen LogP contribution >= 0.6 is 0 Å². The number of nitrogens with zero attached hydrogens (tertiary/aromatic N) is 1. The van der Waals surface area contributed by atoms with E-state index < -0.39 is 0 Å². The highest BCUT2D eigenvalue weighted by Gasteiger charge is 2.17. The Labute approximate surface area is 81.3 Å². The molecule has 2 unspecified atom stereocenters. The molecule has 1 saturated carbocycles. The molecule has 0 aromatic heterocycles. The first kappa shape index (κ1) is 10.5. The van der Waals surface area contributed by atoms with E-state index in [2.05, 4.69) is 18.3 Å². The van der Waals surface area contributed by atoms with E-state index in [0.717, 1.165) is 24.9 Å². The fourth-order valence-corrected chi connectivity index (χ4v) is 2.20. The van der Waals surface area contributed by atoms with Gasteiger partial charge in [0.25, 0.3) is 0 Å². The van der Waals surface area contributed by atoms with Crippen molar-refractivity contribution in [3.63, 3.8) is 0 Å². The molecule has 0 spiro atoms. The van der Waals surface area contributed by atoms with Crippen molar-refractivity contribution < 1.29 is 0 Å². The van der Waals surface area contributed by atoms with Gasteiger partial charge >= 0.3 is 0 Å². The monoisotopic (exact) mass is 180 g/mol. The van der Waals surface area contributed by atoms with Gasteiger partial charge in [0.15, 0.2) is 0 Å². The molecule has 0 heterocycles. The van der Waals surface area contributed by atoms with Gasteiger partial charge in [-0.05, 0) is 31.2 Å². The molecule has 0 aliphatic heterocycles. The number of nitriles is 1. The number of rotatable bonds is 4. The molecule has 13 heavy (non-hydrogen) atoms. The van der Waals surface area contributed by atoms with E-state index in [0.29, 0.717) is 6.42 Å². The molecule has 0 aromatic rings. The molecule has 1 aliphatic carbocycles. The van der Waals surface area contributed by atoms with E-state index in [-0.39, 0.29) is 0 Å². The summed E-state index contributed by atoms with van der Waals surface area (Å²) in [7, 11) is 0. The smallest absolute Gasteiger partial charge is 0.0635 e. The Balaban J connectivity index is 2.04. The van der Waals surface area contributed by atoms with Crippen molar-refractivity contribution >= 4 is 0 Å². The number of nitrogens with one attached hydrogen (secondary N) is 1. The summed E-state index contributed by atoms with van der Waals surface area (Å²) in [6.45, 7) is 4.33. The molecular weight excluding hydrogens is 160 g/mol. The molecule has 0 aromatic carbocycles. The largest absolute Gasteiger partial charge is 0.315 e. The maximum absolute atomic E-state index is 8.36. The van der Waals surface area contributed by atoms with Crippen LogP contribution < -0.4 is 5.32 Å². The number of hydrogen-bond acceptors (Lipinski definition) is 2. The third-order valence-electron chi connectivity index (χ3n) is 2.89. The Kier molecular flexibility index (Phi) is 4.85. The Morgan fingerprint density at radius 1 is 1.46 bits per heavy atom. The van der Waals surface area contributed by atoms with Gasteiger partial charge in [-0.1, -0.05) is 19.8 Å². The predicted molar refractivity (Wildman–Crippen MR) is 54.2 cm³/mol. The van der Waals surface area contributed by atoms with Gasteiger partial charge in [-0.15, -0.1) is 0 Å². The molecule has 1 aliphatic rings. The van der Waals surface area contributed by atoms with Crippen LogP contribution in [0.3, 0.4) is 0 Å². The maximum Gasteiger partial charge on any atom is 0.0635 e. The molecular formula is C11H20N2. The summed E-state index contributed by atoms with van der Waals surface area (Å²) in [4.78, 5) is 0. The van der Waals surface area contributed by atoms with Crippen LogP contribution in [0.2, 0.25) is 0 Å². The summed E-state index contributed by atoms with van der Waals surface area (Å²) >= 11 is 0. The maximum atomic E-state index is 8.36. The topological polar surface area (TPSA) is 35.8 Å². The van der Waals surface area contributed by atoms with E-state index in [1.807, 2.05) is 0 Å². The quantitative estimate of drug-likeness (QED) is 0.674. The van der Waals surface area contributed by atoms with Crippen LogP contribution in [-0.2, 0) is 0 Å². The summed E-state index contributed by atoms with van der Waals surface area (Å²) in [5, 5.41) is 11.7. The summed E-state index contributed by atoms with van der Waals surface area (Å²) in [6.07, 6.45) is 6.20. The van der Waals surface area contributed by atoms with Gasteiger partial charge in [0.1, 0.15) is 0 Å². The fraction of sp³-hybridized carbons (Fsp3) is 0.909. The molecule has 0 bridgehead atoms. The lowest BCUT2D eigenvalue weighted by Gasteiger charge is -2.26. The Hall–Kier alpha value is -0.550. The highest BCUT2D eigenvalue weighted by atomic mass is 14.9. The highest BCUT2D eigenvalue weighted by Crippen LogP contribution is 2.27. The second-order valence-corrected chi connectivity index (χ2v) is 4.25. The van der Waals surface area contributed by atoms with Gasteiger partial charge in [0.05, 0.1) is 6.07 Å². The second-order valence-electron chi connectivity index (χ2n) is 4.25. The van der Waals surface area contributed by atoms with Gasteiger partial charge in [0, 0.05) is 13.0 Å². The summed E-state index contributed by atoms with van der Waals surface area (Å²) in [5.41, 5.74) is 0. The van der Waals surface area contributed by atoms with Gasteiger partial charge in [-0.2, -0.15) is 5.26 Å². The van der Waals surface area contributed by atoms with Crippen molar-refractivity contribution in [2.75, 3.05) is 13.1 Å². The van der Waals surface area contributed by atoms with Crippen molar-refractivity contribution in [2.24, 2.45) is 11.8 Å². The van der Waals surface area contributed by atoms with Crippen LogP contribution in [0.1, 0.15) is 39.0 Å². The van der Waals surface area contributed by atoms with Crippen molar-refractivity contribution in [2.45, 2.75) is 39.0 Å². The van der Waals surface area contributed by atoms with E-state index >= 15 is 0 Å². The molecule has 0 amide bonds. The highest BCUT2D eigenvalue weighted by molar-refractivity contribution is 4.74. The summed E-state index contributed by atoms with van der Waals surface area (Å²) in [6, 6.07) is 2.15. The Morgan fingerprint density at radius 2 is 2.31 bits per heavy atom. The number of hydrogen-bond donors (Lipinski definition) is 1. The van der Waals surface area contributed by atoms with E-state index in [9.17, 15) is 0 Å². The molecule has 2 nitrogen and oxygen atoms in total. The van der Waals surface area contributed by atoms with E-state index in [4.69, 9.17) is 5.26 Å². The average molecular weight is 180 g/mol.